The number of fused-ring (bicyclic) bond motifs is 1. The molecule has 0 spiro atoms. The number of para-hydroxylation sites is 1. The Balaban J connectivity index is 1.72. The number of nitrogens with zero attached hydrogens (tertiary/aromatic N) is 2. The van der Waals surface area contributed by atoms with E-state index in [4.69, 9.17) is 0 Å². The molecular formula is C28H24N2O3S. The number of anilines is 1. The summed E-state index contributed by atoms with van der Waals surface area (Å²) in [5.41, 5.74) is 3.15. The van der Waals surface area contributed by atoms with E-state index in [1.165, 1.54) is 16.2 Å². The number of rotatable bonds is 3. The van der Waals surface area contributed by atoms with E-state index in [-0.39, 0.29) is 16.7 Å². The van der Waals surface area contributed by atoms with Gasteiger partial charge in [0.25, 0.3) is 5.78 Å². The lowest BCUT2D eigenvalue weighted by Crippen LogP contribution is -2.29. The molecule has 170 valence electrons. The highest BCUT2D eigenvalue weighted by Gasteiger charge is 2.48. The van der Waals surface area contributed by atoms with Crippen molar-refractivity contribution >= 4 is 44.1 Å². The summed E-state index contributed by atoms with van der Waals surface area (Å²) >= 11 is 1.35. The van der Waals surface area contributed by atoms with Gasteiger partial charge in [0.05, 0.1) is 21.8 Å². The first-order valence-corrected chi connectivity index (χ1v) is 11.9. The highest BCUT2D eigenvalue weighted by atomic mass is 32.1. The average molecular weight is 469 g/mol. The molecule has 1 fully saturated rings. The molecule has 0 unspecified atom stereocenters. The second-order valence-corrected chi connectivity index (χ2v) is 10.4. The summed E-state index contributed by atoms with van der Waals surface area (Å²) in [4.78, 5) is 32.7. The first-order valence-electron chi connectivity index (χ1n) is 11.1. The molecule has 5 nitrogen and oxygen atoms in total. The van der Waals surface area contributed by atoms with E-state index in [0.29, 0.717) is 10.7 Å². The van der Waals surface area contributed by atoms with Gasteiger partial charge in [-0.1, -0.05) is 98.8 Å². The van der Waals surface area contributed by atoms with Gasteiger partial charge in [0, 0.05) is 5.56 Å². The summed E-state index contributed by atoms with van der Waals surface area (Å²) in [5, 5.41) is 11.6. The fourth-order valence-corrected chi connectivity index (χ4v) is 5.22. The van der Waals surface area contributed by atoms with Crippen molar-refractivity contribution in [3.05, 3.63) is 101 Å². The highest BCUT2D eigenvalue weighted by molar-refractivity contribution is 7.22. The topological polar surface area (TPSA) is 70.5 Å². The average Bonchev–Trinajstić information content (AvgIpc) is 3.37. The van der Waals surface area contributed by atoms with Crippen LogP contribution in [0.4, 0.5) is 5.13 Å². The smallest absolute Gasteiger partial charge is 0.301 e. The lowest BCUT2D eigenvalue weighted by Gasteiger charge is -2.24. The Bertz CT molecular complexity index is 1400. The monoisotopic (exact) mass is 468 g/mol. The molecule has 0 radical (unpaired) electrons. The molecule has 1 aliphatic heterocycles. The summed E-state index contributed by atoms with van der Waals surface area (Å²) < 4.78 is 0.921. The maximum absolute atomic E-state index is 13.3. The minimum absolute atomic E-state index is 0.0442. The Labute approximate surface area is 202 Å². The Morgan fingerprint density at radius 1 is 0.912 bits per heavy atom. The number of ketones is 1. The number of thiazole rings is 1. The fraction of sp³-hybridized carbons (Fsp3) is 0.179. The van der Waals surface area contributed by atoms with Crippen LogP contribution in [0.15, 0.2) is 84.4 Å². The Kier molecular flexibility index (Phi) is 5.33. The molecule has 5 rings (SSSR count). The largest absolute Gasteiger partial charge is 0.507 e. The maximum atomic E-state index is 13.3. The van der Waals surface area contributed by atoms with E-state index in [0.717, 1.165) is 21.3 Å². The van der Waals surface area contributed by atoms with Gasteiger partial charge in [-0.05, 0) is 28.7 Å². The fourth-order valence-electron chi connectivity index (χ4n) is 4.23. The quantitative estimate of drug-likeness (QED) is 0.220. The molecule has 34 heavy (non-hydrogen) atoms. The Hall–Kier alpha value is -3.77. The van der Waals surface area contributed by atoms with Crippen LogP contribution in [0.1, 0.15) is 43.5 Å². The second-order valence-electron chi connectivity index (χ2n) is 9.37. The zero-order chi connectivity index (χ0) is 24.0. The second kappa shape index (κ2) is 8.22. The predicted octanol–water partition coefficient (Wildman–Crippen LogP) is 6.22. The zero-order valence-corrected chi connectivity index (χ0v) is 20.0. The van der Waals surface area contributed by atoms with Gasteiger partial charge in [-0.2, -0.15) is 0 Å². The summed E-state index contributed by atoms with van der Waals surface area (Å²) in [6, 6.07) is 23.5. The summed E-state index contributed by atoms with van der Waals surface area (Å²) in [7, 11) is 0. The van der Waals surface area contributed by atoms with Gasteiger partial charge in [0.2, 0.25) is 0 Å². The van der Waals surface area contributed by atoms with Crippen molar-refractivity contribution in [2.75, 3.05) is 4.90 Å². The number of aliphatic hydroxyl groups is 1. The van der Waals surface area contributed by atoms with Crippen LogP contribution in [0.2, 0.25) is 0 Å². The standard InChI is InChI=1S/C28H24N2O3S/c1-28(2,3)19-15-13-17(14-16-19)23-22(24(31)18-9-5-4-6-10-18)25(32)26(33)30(23)27-29-20-11-7-8-12-21(20)34-27/h4-16,23,31H,1-3H3/t23-/m1/s1. The number of hydrogen-bond acceptors (Lipinski definition) is 5. The third kappa shape index (κ3) is 3.70. The molecule has 1 amide bonds. The number of carbonyl (C=O) groups excluding carboxylic acids is 2. The molecular weight excluding hydrogens is 444 g/mol. The lowest BCUT2D eigenvalue weighted by molar-refractivity contribution is -0.132. The third-order valence-corrected chi connectivity index (χ3v) is 7.11. The number of carbonyl (C=O) groups is 2. The van der Waals surface area contributed by atoms with E-state index in [2.05, 4.69) is 25.8 Å². The van der Waals surface area contributed by atoms with Crippen LogP contribution in [0.25, 0.3) is 16.0 Å². The summed E-state index contributed by atoms with van der Waals surface area (Å²) in [6.45, 7) is 6.39. The first kappa shape index (κ1) is 22.0. The van der Waals surface area contributed by atoms with Crippen LogP contribution in [-0.4, -0.2) is 21.8 Å². The zero-order valence-electron chi connectivity index (χ0n) is 19.1. The van der Waals surface area contributed by atoms with Crippen molar-refractivity contribution in [2.45, 2.75) is 32.2 Å². The van der Waals surface area contributed by atoms with Crippen molar-refractivity contribution in [1.82, 2.24) is 4.98 Å². The number of amides is 1. The van der Waals surface area contributed by atoms with E-state index in [1.807, 2.05) is 54.6 Å². The van der Waals surface area contributed by atoms with Crippen molar-refractivity contribution < 1.29 is 14.7 Å². The van der Waals surface area contributed by atoms with Crippen LogP contribution in [0.5, 0.6) is 0 Å². The van der Waals surface area contributed by atoms with Gasteiger partial charge >= 0.3 is 5.91 Å². The lowest BCUT2D eigenvalue weighted by atomic mass is 9.85. The van der Waals surface area contributed by atoms with Crippen LogP contribution in [0.3, 0.4) is 0 Å². The van der Waals surface area contributed by atoms with Crippen molar-refractivity contribution in [3.63, 3.8) is 0 Å². The third-order valence-electron chi connectivity index (χ3n) is 6.07. The molecule has 1 saturated heterocycles. The van der Waals surface area contributed by atoms with Crippen molar-refractivity contribution in [3.8, 4) is 0 Å². The molecule has 0 bridgehead atoms. The number of hydrogen-bond donors (Lipinski definition) is 1. The van der Waals surface area contributed by atoms with E-state index >= 15 is 0 Å². The Morgan fingerprint density at radius 3 is 2.21 bits per heavy atom. The first-order chi connectivity index (χ1) is 16.3. The van der Waals surface area contributed by atoms with Crippen LogP contribution < -0.4 is 4.90 Å². The van der Waals surface area contributed by atoms with E-state index in [9.17, 15) is 14.7 Å². The SMILES string of the molecule is CC(C)(C)c1ccc([C@@H]2C(=C(O)c3ccccc3)C(=O)C(=O)N2c2nc3ccccc3s2)cc1. The molecule has 1 N–H and O–H groups in total. The normalized spacial score (nSPS) is 18.1. The number of aromatic nitrogens is 1. The maximum Gasteiger partial charge on any atom is 0.301 e. The molecule has 3 aromatic carbocycles. The van der Waals surface area contributed by atoms with Crippen LogP contribution in [-0.2, 0) is 15.0 Å². The van der Waals surface area contributed by atoms with Crippen LogP contribution in [0, 0.1) is 0 Å². The van der Waals surface area contributed by atoms with Gasteiger partial charge < -0.3 is 5.11 Å². The molecule has 1 aromatic heterocycles. The minimum Gasteiger partial charge on any atom is -0.507 e. The molecule has 0 saturated carbocycles. The van der Waals surface area contributed by atoms with E-state index < -0.39 is 17.7 Å². The molecule has 6 heteroatoms. The van der Waals surface area contributed by atoms with Gasteiger partial charge in [-0.25, -0.2) is 4.98 Å². The molecule has 1 aliphatic rings. The Morgan fingerprint density at radius 2 is 1.56 bits per heavy atom. The van der Waals surface area contributed by atoms with Gasteiger partial charge in [0.15, 0.2) is 5.13 Å². The molecule has 1 atom stereocenters. The highest BCUT2D eigenvalue weighted by Crippen LogP contribution is 2.44. The van der Waals surface area contributed by atoms with E-state index in [1.54, 1.807) is 24.3 Å². The van der Waals surface area contributed by atoms with Crippen molar-refractivity contribution in [1.29, 1.82) is 0 Å². The van der Waals surface area contributed by atoms with Gasteiger partial charge in [-0.3, -0.25) is 14.5 Å². The molecule has 0 aliphatic carbocycles. The predicted molar refractivity (Wildman–Crippen MR) is 136 cm³/mol. The van der Waals surface area contributed by atoms with Crippen LogP contribution >= 0.6 is 11.3 Å². The summed E-state index contributed by atoms with van der Waals surface area (Å²) in [5.74, 6) is -1.60. The molecule has 2 heterocycles. The van der Waals surface area contributed by atoms with Gasteiger partial charge in [-0.15, -0.1) is 0 Å². The number of Topliss-reactive ketones (excluding diaryl/α,β-unsaturated/α-hetero) is 1. The minimum atomic E-state index is -0.783. The van der Waals surface area contributed by atoms with Crippen molar-refractivity contribution in [2.24, 2.45) is 0 Å². The summed E-state index contributed by atoms with van der Waals surface area (Å²) in [6.07, 6.45) is 0. The van der Waals surface area contributed by atoms with Gasteiger partial charge in [0.1, 0.15) is 5.76 Å². The number of benzene rings is 3. The molecule has 4 aromatic rings. The number of aliphatic hydroxyl groups excluding tert-OH is 1.